The summed E-state index contributed by atoms with van der Waals surface area (Å²) in [6.07, 6.45) is -15.2. The molecule has 0 aromatic heterocycles. The number of nitrogens with one attached hydrogen (secondary N) is 1. The summed E-state index contributed by atoms with van der Waals surface area (Å²) in [6.45, 7) is -0.625. The standard InChI is InChI=1S/C22H41N3O14/c1-7(29)25-13-16(32)17(33-2)8(4-26)37-22(13)39-19-10(6-28)36-21(12(24)15(19)31)38-18-9(5-27)35-20(34-3)11(23)14(18)30/h8-22,26-28,30-32H,4-6,23-24H2,1-3H3,(H,25,29). The molecule has 11 N–H and O–H groups in total. The molecule has 15 atom stereocenters. The minimum Gasteiger partial charge on any atom is -0.394 e. The second-order valence-electron chi connectivity index (χ2n) is 9.67. The molecule has 3 rings (SSSR count). The van der Waals surface area contributed by atoms with Gasteiger partial charge in [0.05, 0.1) is 31.9 Å². The van der Waals surface area contributed by atoms with Gasteiger partial charge in [0.15, 0.2) is 18.9 Å². The highest BCUT2D eigenvalue weighted by atomic mass is 16.7. The first-order chi connectivity index (χ1) is 18.5. The first-order valence-corrected chi connectivity index (χ1v) is 12.5. The summed E-state index contributed by atoms with van der Waals surface area (Å²) >= 11 is 0. The Morgan fingerprint density at radius 2 is 1.15 bits per heavy atom. The van der Waals surface area contributed by atoms with Crippen molar-refractivity contribution in [2.24, 2.45) is 11.5 Å². The van der Waals surface area contributed by atoms with E-state index in [9.17, 15) is 35.4 Å². The molecule has 0 bridgehead atoms. The predicted molar refractivity (Wildman–Crippen MR) is 126 cm³/mol. The molecular weight excluding hydrogens is 530 g/mol. The number of nitrogens with two attached hydrogens (primary N) is 2. The van der Waals surface area contributed by atoms with Crippen molar-refractivity contribution in [3.63, 3.8) is 0 Å². The van der Waals surface area contributed by atoms with Gasteiger partial charge in [0, 0.05) is 21.1 Å². The van der Waals surface area contributed by atoms with Crippen LogP contribution >= 0.6 is 0 Å². The van der Waals surface area contributed by atoms with E-state index < -0.39 is 118 Å². The van der Waals surface area contributed by atoms with Crippen LogP contribution in [-0.4, -0.2) is 163 Å². The van der Waals surface area contributed by atoms with Crippen molar-refractivity contribution in [1.29, 1.82) is 0 Å². The molecule has 0 saturated carbocycles. The zero-order chi connectivity index (χ0) is 29.0. The lowest BCUT2D eigenvalue weighted by atomic mass is 9.94. The number of rotatable bonds is 10. The molecule has 0 spiro atoms. The lowest BCUT2D eigenvalue weighted by Gasteiger charge is -2.49. The molecule has 3 saturated heterocycles. The normalized spacial score (nSPS) is 47.1. The van der Waals surface area contributed by atoms with Gasteiger partial charge in [-0.05, 0) is 0 Å². The van der Waals surface area contributed by atoms with Crippen molar-refractivity contribution >= 4 is 5.91 Å². The predicted octanol–water partition coefficient (Wildman–Crippen LogP) is -6.19. The van der Waals surface area contributed by atoms with Gasteiger partial charge in [-0.1, -0.05) is 0 Å². The zero-order valence-corrected chi connectivity index (χ0v) is 21.9. The molecule has 0 aromatic rings. The quantitative estimate of drug-likeness (QED) is 0.118. The van der Waals surface area contributed by atoms with Crippen LogP contribution < -0.4 is 16.8 Å². The number of amides is 1. The maximum atomic E-state index is 11.8. The fourth-order valence-corrected chi connectivity index (χ4v) is 5.02. The molecule has 1 amide bonds. The second-order valence-corrected chi connectivity index (χ2v) is 9.67. The first-order valence-electron chi connectivity index (χ1n) is 12.5. The molecule has 3 aliphatic heterocycles. The van der Waals surface area contributed by atoms with Gasteiger partial charge in [0.25, 0.3) is 0 Å². The van der Waals surface area contributed by atoms with E-state index in [2.05, 4.69) is 5.32 Å². The van der Waals surface area contributed by atoms with Gasteiger partial charge in [-0.25, -0.2) is 0 Å². The summed E-state index contributed by atoms with van der Waals surface area (Å²) in [7, 11) is 2.61. The van der Waals surface area contributed by atoms with Crippen LogP contribution in [0.5, 0.6) is 0 Å². The van der Waals surface area contributed by atoms with E-state index >= 15 is 0 Å². The van der Waals surface area contributed by atoms with Crippen molar-refractivity contribution < 1.29 is 68.6 Å². The van der Waals surface area contributed by atoms with Crippen molar-refractivity contribution in [3.8, 4) is 0 Å². The van der Waals surface area contributed by atoms with Crippen molar-refractivity contribution in [3.05, 3.63) is 0 Å². The van der Waals surface area contributed by atoms with Crippen molar-refractivity contribution in [2.45, 2.75) is 98.9 Å². The molecule has 3 heterocycles. The molecular formula is C22H41N3O14. The third-order valence-corrected chi connectivity index (χ3v) is 7.11. The van der Waals surface area contributed by atoms with Crippen molar-refractivity contribution in [2.75, 3.05) is 34.0 Å². The van der Waals surface area contributed by atoms with E-state index in [1.165, 1.54) is 21.1 Å². The Morgan fingerprint density at radius 1 is 0.718 bits per heavy atom. The topological polar surface area (TPSA) is 267 Å². The van der Waals surface area contributed by atoms with Gasteiger partial charge in [-0.2, -0.15) is 0 Å². The average Bonchev–Trinajstić information content (AvgIpc) is 2.92. The highest BCUT2D eigenvalue weighted by Gasteiger charge is 2.53. The third-order valence-electron chi connectivity index (χ3n) is 7.11. The van der Waals surface area contributed by atoms with E-state index in [-0.39, 0.29) is 0 Å². The highest BCUT2D eigenvalue weighted by Crippen LogP contribution is 2.32. The van der Waals surface area contributed by atoms with Gasteiger partial charge in [0.2, 0.25) is 5.91 Å². The molecule has 15 unspecified atom stereocenters. The molecule has 228 valence electrons. The van der Waals surface area contributed by atoms with Gasteiger partial charge < -0.3 is 80.6 Å². The molecule has 17 nitrogen and oxygen atoms in total. The summed E-state index contributed by atoms with van der Waals surface area (Å²) in [4.78, 5) is 11.8. The SMILES string of the molecule is COC1OC(CO)C(OC2OC(CO)C(OC3OC(CO)C(OC)C(O)C3NC(C)=O)C(O)C2N)C(O)C1N. The molecule has 0 aromatic carbocycles. The van der Waals surface area contributed by atoms with Crippen LogP contribution in [0.2, 0.25) is 0 Å². The van der Waals surface area contributed by atoms with Crippen LogP contribution in [0.15, 0.2) is 0 Å². The van der Waals surface area contributed by atoms with Crippen LogP contribution in [0.1, 0.15) is 6.92 Å². The van der Waals surface area contributed by atoms with Gasteiger partial charge in [-0.3, -0.25) is 4.79 Å². The Kier molecular flexibility index (Phi) is 11.8. The highest BCUT2D eigenvalue weighted by molar-refractivity contribution is 5.73. The molecule has 0 radical (unpaired) electrons. The fourth-order valence-electron chi connectivity index (χ4n) is 5.02. The molecule has 3 fully saturated rings. The summed E-state index contributed by atoms with van der Waals surface area (Å²) in [5.74, 6) is -0.529. The summed E-state index contributed by atoms with van der Waals surface area (Å²) in [5.41, 5.74) is 12.1. The van der Waals surface area contributed by atoms with Crippen LogP contribution in [0.4, 0.5) is 0 Å². The van der Waals surface area contributed by atoms with Crippen LogP contribution in [0, 0.1) is 0 Å². The smallest absolute Gasteiger partial charge is 0.217 e. The van der Waals surface area contributed by atoms with Gasteiger partial charge in [-0.15, -0.1) is 0 Å². The lowest BCUT2D eigenvalue weighted by Crippen LogP contribution is -2.70. The largest absolute Gasteiger partial charge is 0.394 e. The van der Waals surface area contributed by atoms with E-state index in [4.69, 9.17) is 44.6 Å². The van der Waals surface area contributed by atoms with E-state index in [0.29, 0.717) is 0 Å². The summed E-state index contributed by atoms with van der Waals surface area (Å²) in [6, 6.07) is -3.57. The molecule has 3 aliphatic rings. The monoisotopic (exact) mass is 571 g/mol. The number of hydrogen-bond donors (Lipinski definition) is 9. The number of ether oxygens (including phenoxy) is 7. The Bertz CT molecular complexity index is 780. The Balaban J connectivity index is 1.78. The minimum atomic E-state index is -1.57. The number of methoxy groups -OCH3 is 2. The first kappa shape index (κ1) is 32.4. The second kappa shape index (κ2) is 14.2. The molecule has 17 heteroatoms. The van der Waals surface area contributed by atoms with Gasteiger partial charge in [0.1, 0.15) is 61.0 Å². The van der Waals surface area contributed by atoms with Crippen molar-refractivity contribution in [1.82, 2.24) is 5.32 Å². The molecule has 0 aliphatic carbocycles. The number of aliphatic hydroxyl groups is 6. The zero-order valence-electron chi connectivity index (χ0n) is 21.9. The number of aliphatic hydroxyl groups excluding tert-OH is 6. The minimum absolute atomic E-state index is 0.529. The van der Waals surface area contributed by atoms with E-state index in [1.54, 1.807) is 0 Å². The number of carbonyl (C=O) groups is 1. The van der Waals surface area contributed by atoms with E-state index in [0.717, 1.165) is 0 Å². The number of hydrogen-bond acceptors (Lipinski definition) is 16. The summed E-state index contributed by atoms with van der Waals surface area (Å²) < 4.78 is 39.0. The maximum Gasteiger partial charge on any atom is 0.217 e. The Labute approximate surface area is 224 Å². The van der Waals surface area contributed by atoms with Crippen LogP contribution in [0.3, 0.4) is 0 Å². The van der Waals surface area contributed by atoms with E-state index in [1.807, 2.05) is 0 Å². The third kappa shape index (κ3) is 6.85. The summed E-state index contributed by atoms with van der Waals surface area (Å²) in [5, 5.41) is 64.5. The van der Waals surface area contributed by atoms with Gasteiger partial charge >= 0.3 is 0 Å². The Morgan fingerprint density at radius 3 is 1.62 bits per heavy atom. The lowest BCUT2D eigenvalue weighted by molar-refractivity contribution is -0.350. The Hall–Kier alpha value is -1.13. The number of carbonyl (C=O) groups excluding carboxylic acids is 1. The van der Waals surface area contributed by atoms with Crippen LogP contribution in [-0.2, 0) is 38.0 Å². The fraction of sp³-hybridized carbons (Fsp3) is 0.955. The molecule has 39 heavy (non-hydrogen) atoms. The maximum absolute atomic E-state index is 11.8. The average molecular weight is 572 g/mol. The van der Waals surface area contributed by atoms with Crippen LogP contribution in [0.25, 0.3) is 0 Å².